The van der Waals surface area contributed by atoms with Crippen molar-refractivity contribution in [1.29, 1.82) is 0 Å². The van der Waals surface area contributed by atoms with Crippen molar-refractivity contribution < 1.29 is 32.3 Å². The average molecular weight is 279 g/mol. The summed E-state index contributed by atoms with van der Waals surface area (Å²) in [6.07, 6.45) is -4.79. The summed E-state index contributed by atoms with van der Waals surface area (Å²) >= 11 is 0. The van der Waals surface area contributed by atoms with Crippen molar-refractivity contribution in [3.05, 3.63) is 35.1 Å². The van der Waals surface area contributed by atoms with E-state index in [0.29, 0.717) is 17.0 Å². The third-order valence-corrected chi connectivity index (χ3v) is 2.19. The quantitative estimate of drug-likeness (QED) is 0.861. The Morgan fingerprint density at radius 1 is 1.26 bits per heavy atom. The number of aliphatic carboxylic acids is 1. The number of alkyl halides is 3. The van der Waals surface area contributed by atoms with Gasteiger partial charge in [0.1, 0.15) is 12.4 Å². The molecule has 1 N–H and O–H groups in total. The predicted molar refractivity (Wildman–Crippen MR) is 56.0 cm³/mol. The normalized spacial score (nSPS) is 11.2. The van der Waals surface area contributed by atoms with Gasteiger partial charge in [0.25, 0.3) is 5.91 Å². The lowest BCUT2D eigenvalue weighted by Gasteiger charge is -2.15. The van der Waals surface area contributed by atoms with Gasteiger partial charge >= 0.3 is 12.1 Å². The van der Waals surface area contributed by atoms with Gasteiger partial charge in [-0.1, -0.05) is 0 Å². The van der Waals surface area contributed by atoms with Crippen LogP contribution in [0.1, 0.15) is 15.9 Å². The number of likely N-dealkylation sites (N-methyl/N-ethyl adjacent to an activating group) is 1. The standard InChI is InChI=1S/C11H9F4NO3/c1-16(5-9(17)18)10(19)6-2-7(11(13,14)15)4-8(12)3-6/h2-4H,5H2,1H3,(H,17,18). The summed E-state index contributed by atoms with van der Waals surface area (Å²) in [5.74, 6) is -3.56. The monoisotopic (exact) mass is 279 g/mol. The van der Waals surface area contributed by atoms with Crippen molar-refractivity contribution in [2.45, 2.75) is 6.18 Å². The van der Waals surface area contributed by atoms with Gasteiger partial charge in [0, 0.05) is 12.6 Å². The lowest BCUT2D eigenvalue weighted by molar-refractivity contribution is -0.138. The molecule has 0 bridgehead atoms. The van der Waals surface area contributed by atoms with Crippen LogP contribution in [0.4, 0.5) is 17.6 Å². The van der Waals surface area contributed by atoms with E-state index in [1.54, 1.807) is 0 Å². The first-order valence-corrected chi connectivity index (χ1v) is 4.96. The highest BCUT2D eigenvalue weighted by Crippen LogP contribution is 2.30. The number of carbonyl (C=O) groups excluding carboxylic acids is 1. The number of hydrogen-bond donors (Lipinski definition) is 1. The first-order chi connectivity index (χ1) is 8.61. The molecule has 0 aromatic heterocycles. The topological polar surface area (TPSA) is 57.6 Å². The zero-order chi connectivity index (χ0) is 14.8. The molecule has 0 heterocycles. The van der Waals surface area contributed by atoms with Crippen LogP contribution >= 0.6 is 0 Å². The molecule has 104 valence electrons. The molecule has 4 nitrogen and oxygen atoms in total. The third kappa shape index (κ3) is 3.94. The molecule has 0 unspecified atom stereocenters. The minimum absolute atomic E-state index is 0.258. The van der Waals surface area contributed by atoms with Crippen molar-refractivity contribution in [2.75, 3.05) is 13.6 Å². The van der Waals surface area contributed by atoms with Gasteiger partial charge in [-0.15, -0.1) is 0 Å². The van der Waals surface area contributed by atoms with E-state index >= 15 is 0 Å². The molecule has 0 fully saturated rings. The number of amides is 1. The summed E-state index contributed by atoms with van der Waals surface area (Å²) in [4.78, 5) is 22.7. The number of benzene rings is 1. The second-order valence-electron chi connectivity index (χ2n) is 3.78. The van der Waals surface area contributed by atoms with Crippen LogP contribution in [0, 0.1) is 5.82 Å². The van der Waals surface area contributed by atoms with Crippen LogP contribution in [0.5, 0.6) is 0 Å². The molecule has 0 aliphatic heterocycles. The van der Waals surface area contributed by atoms with Crippen LogP contribution in [0.15, 0.2) is 18.2 Å². The van der Waals surface area contributed by atoms with Gasteiger partial charge in [0.2, 0.25) is 0 Å². The second kappa shape index (κ2) is 5.25. The molecule has 0 atom stereocenters. The Bertz CT molecular complexity index is 513. The maximum Gasteiger partial charge on any atom is 0.416 e. The highest BCUT2D eigenvalue weighted by molar-refractivity contribution is 5.95. The highest BCUT2D eigenvalue weighted by Gasteiger charge is 2.32. The molecule has 0 saturated heterocycles. The first kappa shape index (κ1) is 14.9. The number of nitrogens with zero attached hydrogens (tertiary/aromatic N) is 1. The predicted octanol–water partition coefficient (Wildman–Crippen LogP) is 2.00. The summed E-state index contributed by atoms with van der Waals surface area (Å²) in [6, 6.07) is 1.35. The first-order valence-electron chi connectivity index (χ1n) is 4.96. The van der Waals surface area contributed by atoms with E-state index in [4.69, 9.17) is 5.11 Å². The summed E-state index contributed by atoms with van der Waals surface area (Å²) < 4.78 is 50.4. The second-order valence-corrected chi connectivity index (χ2v) is 3.78. The van der Waals surface area contributed by atoms with E-state index in [1.807, 2.05) is 0 Å². The summed E-state index contributed by atoms with van der Waals surface area (Å²) in [7, 11) is 1.09. The molecule has 1 amide bonds. The Kier molecular flexibility index (Phi) is 4.13. The van der Waals surface area contributed by atoms with Crippen LogP contribution < -0.4 is 0 Å². The minimum atomic E-state index is -4.79. The van der Waals surface area contributed by atoms with Crippen molar-refractivity contribution in [2.24, 2.45) is 0 Å². The van der Waals surface area contributed by atoms with E-state index in [9.17, 15) is 27.2 Å². The van der Waals surface area contributed by atoms with Gasteiger partial charge in [-0.3, -0.25) is 9.59 Å². The van der Waals surface area contributed by atoms with Gasteiger partial charge in [-0.2, -0.15) is 13.2 Å². The van der Waals surface area contributed by atoms with E-state index in [0.717, 1.165) is 7.05 Å². The Balaban J connectivity index is 3.10. The van der Waals surface area contributed by atoms with Gasteiger partial charge in [0.15, 0.2) is 0 Å². The number of rotatable bonds is 3. The van der Waals surface area contributed by atoms with Crippen LogP contribution in [0.25, 0.3) is 0 Å². The summed E-state index contributed by atoms with van der Waals surface area (Å²) in [5.41, 5.74) is -1.87. The molecule has 0 spiro atoms. The third-order valence-electron chi connectivity index (χ3n) is 2.19. The fourth-order valence-electron chi connectivity index (χ4n) is 1.37. The summed E-state index contributed by atoms with van der Waals surface area (Å²) in [5, 5.41) is 8.47. The number of carbonyl (C=O) groups is 2. The Morgan fingerprint density at radius 2 is 1.84 bits per heavy atom. The number of halogens is 4. The van der Waals surface area contributed by atoms with E-state index in [-0.39, 0.29) is 6.07 Å². The molecule has 1 aromatic rings. The fraction of sp³-hybridized carbons (Fsp3) is 0.273. The molecule has 0 aliphatic carbocycles. The Hall–Kier alpha value is -2.12. The molecule has 1 rings (SSSR count). The smallest absolute Gasteiger partial charge is 0.416 e. The van der Waals surface area contributed by atoms with Crippen molar-refractivity contribution in [1.82, 2.24) is 4.90 Å². The van der Waals surface area contributed by atoms with Gasteiger partial charge in [-0.25, -0.2) is 4.39 Å². The van der Waals surface area contributed by atoms with Crippen molar-refractivity contribution in [3.63, 3.8) is 0 Å². The Morgan fingerprint density at radius 3 is 2.32 bits per heavy atom. The zero-order valence-electron chi connectivity index (χ0n) is 9.66. The molecular weight excluding hydrogens is 270 g/mol. The lowest BCUT2D eigenvalue weighted by atomic mass is 10.1. The SMILES string of the molecule is CN(CC(=O)O)C(=O)c1cc(F)cc(C(F)(F)F)c1. The molecule has 8 heteroatoms. The number of hydrogen-bond acceptors (Lipinski definition) is 2. The van der Waals surface area contributed by atoms with E-state index < -0.39 is 41.5 Å². The van der Waals surface area contributed by atoms with Gasteiger partial charge in [-0.05, 0) is 18.2 Å². The molecule has 0 aliphatic rings. The van der Waals surface area contributed by atoms with Crippen molar-refractivity contribution in [3.8, 4) is 0 Å². The van der Waals surface area contributed by atoms with Crippen LogP contribution in [-0.2, 0) is 11.0 Å². The largest absolute Gasteiger partial charge is 0.480 e. The molecular formula is C11H9F4NO3. The molecule has 0 saturated carbocycles. The van der Waals surface area contributed by atoms with Crippen molar-refractivity contribution >= 4 is 11.9 Å². The molecule has 19 heavy (non-hydrogen) atoms. The Labute approximate surface area is 105 Å². The fourth-order valence-corrected chi connectivity index (χ4v) is 1.37. The minimum Gasteiger partial charge on any atom is -0.480 e. The maximum absolute atomic E-state index is 13.1. The zero-order valence-corrected chi connectivity index (χ0v) is 9.66. The van der Waals surface area contributed by atoms with E-state index in [1.165, 1.54) is 0 Å². The van der Waals surface area contributed by atoms with Gasteiger partial charge in [0.05, 0.1) is 5.56 Å². The molecule has 1 aromatic carbocycles. The average Bonchev–Trinajstić information content (AvgIpc) is 2.25. The lowest BCUT2D eigenvalue weighted by Crippen LogP contribution is -2.32. The van der Waals surface area contributed by atoms with Crippen LogP contribution in [-0.4, -0.2) is 35.5 Å². The van der Waals surface area contributed by atoms with Crippen LogP contribution in [0.3, 0.4) is 0 Å². The van der Waals surface area contributed by atoms with Crippen LogP contribution in [0.2, 0.25) is 0 Å². The highest BCUT2D eigenvalue weighted by atomic mass is 19.4. The number of carboxylic acid groups (broad SMARTS) is 1. The maximum atomic E-state index is 13.1. The summed E-state index contributed by atoms with van der Waals surface area (Å²) in [6.45, 7) is -0.698. The number of carboxylic acids is 1. The van der Waals surface area contributed by atoms with Gasteiger partial charge < -0.3 is 10.0 Å². The van der Waals surface area contributed by atoms with E-state index in [2.05, 4.69) is 0 Å². The molecule has 0 radical (unpaired) electrons.